The number of aromatic nitrogens is 2. The maximum atomic E-state index is 13.1. The van der Waals surface area contributed by atoms with Gasteiger partial charge in [0.05, 0.1) is 17.3 Å². The van der Waals surface area contributed by atoms with Crippen LogP contribution in [0.5, 0.6) is 0 Å². The number of carboxylic acids is 1. The van der Waals surface area contributed by atoms with Crippen molar-refractivity contribution < 1.29 is 23.8 Å². The Kier molecular flexibility index (Phi) is 8.76. The fourth-order valence-electron chi connectivity index (χ4n) is 12.9. The second-order valence-corrected chi connectivity index (χ2v) is 19.9. The van der Waals surface area contributed by atoms with Gasteiger partial charge in [-0.15, -0.1) is 10.2 Å². The first-order valence-electron chi connectivity index (χ1n) is 19.6. The number of benzene rings is 1. The summed E-state index contributed by atoms with van der Waals surface area (Å²) >= 11 is 6.19. The zero-order chi connectivity index (χ0) is 36.9. The number of carbonyl (C=O) groups excluding carboxylic acids is 1. The van der Waals surface area contributed by atoms with Crippen molar-refractivity contribution in [2.45, 2.75) is 144 Å². The summed E-state index contributed by atoms with van der Waals surface area (Å²) in [5.41, 5.74) is 3.04. The van der Waals surface area contributed by atoms with E-state index < -0.39 is 17.4 Å². The summed E-state index contributed by atoms with van der Waals surface area (Å²) in [7, 11) is 0. The van der Waals surface area contributed by atoms with E-state index >= 15 is 0 Å². The lowest BCUT2D eigenvalue weighted by molar-refractivity contribution is -0.232. The lowest BCUT2D eigenvalue weighted by Crippen LogP contribution is -2.66. The summed E-state index contributed by atoms with van der Waals surface area (Å²) in [5, 5.41) is 19.7. The molecule has 0 amide bonds. The molecule has 0 saturated heterocycles. The lowest BCUT2D eigenvalue weighted by atomic mass is 9.33. The summed E-state index contributed by atoms with van der Waals surface area (Å²) in [6.45, 7) is 20.4. The molecule has 0 radical (unpaired) electrons. The van der Waals surface area contributed by atoms with Crippen molar-refractivity contribution in [2.75, 3.05) is 0 Å². The quantitative estimate of drug-likeness (QED) is 0.224. The van der Waals surface area contributed by atoms with Crippen molar-refractivity contribution in [2.24, 2.45) is 50.7 Å². The van der Waals surface area contributed by atoms with Crippen molar-refractivity contribution in [1.29, 1.82) is 0 Å². The Hall–Kier alpha value is -2.67. The van der Waals surface area contributed by atoms with Crippen LogP contribution in [-0.4, -0.2) is 33.3 Å². The molecule has 5 aliphatic rings. The number of allylic oxidation sites excluding steroid dienone is 2. The molecular weight excluding hydrogens is 660 g/mol. The number of carboxylic acid groups (broad SMARTS) is 1. The number of esters is 1. The molecule has 7 rings (SSSR count). The largest absolute Gasteiger partial charge is 0.481 e. The van der Waals surface area contributed by atoms with Gasteiger partial charge in [-0.3, -0.25) is 9.59 Å². The van der Waals surface area contributed by atoms with Crippen LogP contribution in [0.4, 0.5) is 0 Å². The van der Waals surface area contributed by atoms with E-state index in [2.05, 4.69) is 53.6 Å². The van der Waals surface area contributed by atoms with Gasteiger partial charge in [-0.25, -0.2) is 0 Å². The second kappa shape index (κ2) is 12.2. The van der Waals surface area contributed by atoms with E-state index in [1.807, 2.05) is 24.3 Å². The van der Waals surface area contributed by atoms with Crippen LogP contribution in [0.2, 0.25) is 5.02 Å². The molecule has 8 atom stereocenters. The monoisotopic (exact) mass is 718 g/mol. The molecule has 51 heavy (non-hydrogen) atoms. The fourth-order valence-corrected chi connectivity index (χ4v) is 13.1. The van der Waals surface area contributed by atoms with Gasteiger partial charge in [0.1, 0.15) is 6.10 Å². The summed E-state index contributed by atoms with van der Waals surface area (Å²) < 4.78 is 12.8. The highest BCUT2D eigenvalue weighted by Crippen LogP contribution is 2.77. The fraction of sp³-hybridized carbons (Fsp3) is 0.721. The third-order valence-corrected chi connectivity index (χ3v) is 16.2. The van der Waals surface area contributed by atoms with Gasteiger partial charge in [0.15, 0.2) is 0 Å². The summed E-state index contributed by atoms with van der Waals surface area (Å²) in [4.78, 5) is 24.8. The molecule has 4 fully saturated rings. The van der Waals surface area contributed by atoms with Gasteiger partial charge in [-0.2, -0.15) is 0 Å². The molecule has 1 N–H and O–H groups in total. The Morgan fingerprint density at radius 2 is 1.63 bits per heavy atom. The Labute approximate surface area is 309 Å². The maximum absolute atomic E-state index is 13.1. The molecule has 8 heteroatoms. The van der Waals surface area contributed by atoms with Crippen LogP contribution in [0.15, 0.2) is 39.8 Å². The van der Waals surface area contributed by atoms with Gasteiger partial charge >= 0.3 is 11.9 Å². The van der Waals surface area contributed by atoms with Gasteiger partial charge in [-0.05, 0) is 142 Å². The minimum absolute atomic E-state index is 0.112. The van der Waals surface area contributed by atoms with E-state index in [0.29, 0.717) is 34.6 Å². The first kappa shape index (κ1) is 36.7. The molecule has 1 aromatic carbocycles. The van der Waals surface area contributed by atoms with Gasteiger partial charge in [0.2, 0.25) is 11.8 Å². The molecule has 0 aliphatic heterocycles. The maximum Gasteiger partial charge on any atom is 0.309 e. The lowest BCUT2D eigenvalue weighted by Gasteiger charge is -2.72. The van der Waals surface area contributed by atoms with Crippen molar-refractivity contribution in [3.8, 4) is 11.5 Å². The van der Waals surface area contributed by atoms with E-state index in [1.54, 1.807) is 25.0 Å². The average molecular weight is 719 g/mol. The average Bonchev–Trinajstić information content (AvgIpc) is 3.70. The smallest absolute Gasteiger partial charge is 0.309 e. The molecule has 0 spiro atoms. The normalized spacial score (nSPS) is 37.3. The number of ether oxygens (including phenoxy) is 1. The number of aliphatic carboxylic acids is 1. The van der Waals surface area contributed by atoms with Crippen LogP contribution in [0.1, 0.15) is 139 Å². The molecule has 4 saturated carbocycles. The van der Waals surface area contributed by atoms with Crippen molar-refractivity contribution in [3.05, 3.63) is 46.3 Å². The first-order valence-corrected chi connectivity index (χ1v) is 19.9. The Morgan fingerprint density at radius 3 is 2.29 bits per heavy atom. The number of carbonyl (C=O) groups is 2. The zero-order valence-corrected chi connectivity index (χ0v) is 33.1. The van der Waals surface area contributed by atoms with E-state index in [9.17, 15) is 14.7 Å². The molecule has 278 valence electrons. The van der Waals surface area contributed by atoms with Crippen molar-refractivity contribution in [3.63, 3.8) is 0 Å². The predicted molar refractivity (Wildman–Crippen MR) is 199 cm³/mol. The highest BCUT2D eigenvalue weighted by Gasteiger charge is 2.70. The van der Waals surface area contributed by atoms with E-state index in [1.165, 1.54) is 19.3 Å². The Bertz CT molecular complexity index is 1740. The molecule has 1 unspecified atom stereocenters. The number of halogens is 1. The third kappa shape index (κ3) is 5.39. The van der Waals surface area contributed by atoms with Crippen LogP contribution in [0.3, 0.4) is 0 Å². The first-order chi connectivity index (χ1) is 23.8. The third-order valence-electron chi connectivity index (χ3n) is 16.0. The summed E-state index contributed by atoms with van der Waals surface area (Å²) in [5.74, 6) is 1.94. The minimum atomic E-state index is -1.14. The Balaban J connectivity index is 1.18. The second-order valence-electron chi connectivity index (χ2n) is 19.4. The van der Waals surface area contributed by atoms with Crippen molar-refractivity contribution >= 4 is 23.5 Å². The minimum Gasteiger partial charge on any atom is -0.481 e. The van der Waals surface area contributed by atoms with Gasteiger partial charge in [0.25, 0.3) is 0 Å². The number of nitrogens with zero attached hydrogens (tertiary/aromatic N) is 2. The van der Waals surface area contributed by atoms with Crippen LogP contribution in [-0.2, 0) is 19.7 Å². The van der Waals surface area contributed by atoms with Crippen LogP contribution < -0.4 is 0 Å². The number of rotatable bonds is 7. The van der Waals surface area contributed by atoms with E-state index in [0.717, 1.165) is 56.4 Å². The van der Waals surface area contributed by atoms with Crippen LogP contribution in [0, 0.1) is 50.7 Å². The van der Waals surface area contributed by atoms with Crippen LogP contribution in [0.25, 0.3) is 11.5 Å². The highest BCUT2D eigenvalue weighted by atomic mass is 35.5. The molecule has 1 aromatic heterocycles. The van der Waals surface area contributed by atoms with Crippen LogP contribution >= 0.6 is 11.6 Å². The predicted octanol–water partition coefficient (Wildman–Crippen LogP) is 10.9. The number of fused-ring (bicyclic) bond motifs is 7. The highest BCUT2D eigenvalue weighted by molar-refractivity contribution is 6.30. The zero-order valence-electron chi connectivity index (χ0n) is 32.3. The summed E-state index contributed by atoms with van der Waals surface area (Å²) in [6.07, 6.45) is 10.5. The van der Waals surface area contributed by atoms with E-state index in [4.69, 9.17) is 25.9 Å². The van der Waals surface area contributed by atoms with Gasteiger partial charge in [0, 0.05) is 16.0 Å². The molecule has 1 heterocycles. The molecule has 0 bridgehead atoms. The van der Waals surface area contributed by atoms with Crippen molar-refractivity contribution in [1.82, 2.24) is 10.2 Å². The molecular formula is C43H59ClN2O5. The SMILES string of the molecule is CC(C)C1=C2[C@H]3CC[C@@H]4C5(C)CC[C@H](OC(=O)CC(C)(C)C(=O)O)C(C)(C)[C@@H]5CC[C@@]4(C)[C@]3(C)CC[C@@]2(c2nnc(-c3ccc(Cl)cc3)o2)CC1. The van der Waals surface area contributed by atoms with Gasteiger partial charge < -0.3 is 14.3 Å². The van der Waals surface area contributed by atoms with E-state index in [-0.39, 0.29) is 39.6 Å². The molecule has 7 nitrogen and oxygen atoms in total. The standard InChI is InChI=1S/C43H59ClN2O5/c1-25(2)28-16-21-43(36-46-45-35(51-36)26-10-12-27(44)13-11-26)23-22-41(8)29(34(28)43)14-15-31-40(7)19-18-32(50-33(47)24-38(3,4)37(48)49)39(5,6)30(40)17-20-42(31,41)9/h10-13,25,29-32H,14-24H2,1-9H3,(H,48,49)/t29-,30+,31-,32+,40?,41-,42-,43+/m1/s1. The topological polar surface area (TPSA) is 103 Å². The number of hydrogen-bond acceptors (Lipinski definition) is 6. The Morgan fingerprint density at radius 1 is 0.922 bits per heavy atom. The van der Waals surface area contributed by atoms with Gasteiger partial charge in [-0.1, -0.05) is 71.2 Å². The molecule has 5 aliphatic carbocycles. The number of hydrogen-bond donors (Lipinski definition) is 1. The summed E-state index contributed by atoms with van der Waals surface area (Å²) in [6, 6.07) is 7.66. The molecule has 2 aromatic rings.